The molecule has 7 heteroatoms. The lowest BCUT2D eigenvalue weighted by molar-refractivity contribution is -0.139. The number of carbonyl (C=O) groups is 1. The first-order valence-electron chi connectivity index (χ1n) is 9.79. The zero-order valence-corrected chi connectivity index (χ0v) is 16.6. The highest BCUT2D eigenvalue weighted by molar-refractivity contribution is 6.01. The lowest BCUT2D eigenvalue weighted by Gasteiger charge is -2.11. The lowest BCUT2D eigenvalue weighted by atomic mass is 10.0. The third-order valence-corrected chi connectivity index (χ3v) is 5.08. The zero-order valence-electron chi connectivity index (χ0n) is 16.6. The highest BCUT2D eigenvalue weighted by Gasteiger charge is 2.26. The van der Waals surface area contributed by atoms with E-state index in [2.05, 4.69) is 16.2 Å². The van der Waals surface area contributed by atoms with Crippen molar-refractivity contribution in [3.63, 3.8) is 0 Å². The number of para-hydroxylation sites is 1. The SMILES string of the molecule is Cc1cc(COc2ccc(C3=NOC(CC(N)C(=O)O)C3)cc2)c2ccccc2n1. The summed E-state index contributed by atoms with van der Waals surface area (Å²) >= 11 is 0. The molecule has 0 fully saturated rings. The van der Waals surface area contributed by atoms with Gasteiger partial charge in [0.15, 0.2) is 0 Å². The fraction of sp³-hybridized carbons (Fsp3) is 0.261. The number of nitrogens with two attached hydrogens (primary N) is 1. The molecule has 2 unspecified atom stereocenters. The molecule has 0 saturated carbocycles. The van der Waals surface area contributed by atoms with E-state index in [0.29, 0.717) is 13.0 Å². The third kappa shape index (κ3) is 4.41. The van der Waals surface area contributed by atoms with Crippen LogP contribution in [0.1, 0.15) is 29.7 Å². The summed E-state index contributed by atoms with van der Waals surface area (Å²) < 4.78 is 5.99. The molecule has 1 aliphatic heterocycles. The molecule has 0 saturated heterocycles. The van der Waals surface area contributed by atoms with Gasteiger partial charge in [0, 0.05) is 29.5 Å². The summed E-state index contributed by atoms with van der Waals surface area (Å²) in [5, 5.41) is 14.1. The Kier molecular flexibility index (Phi) is 5.63. The fourth-order valence-corrected chi connectivity index (χ4v) is 3.53. The first-order valence-corrected chi connectivity index (χ1v) is 9.79. The minimum absolute atomic E-state index is 0.225. The number of benzene rings is 2. The van der Waals surface area contributed by atoms with Crippen molar-refractivity contribution in [3.8, 4) is 5.75 Å². The minimum atomic E-state index is -1.04. The molecule has 1 aliphatic rings. The molecule has 1 aromatic heterocycles. The third-order valence-electron chi connectivity index (χ3n) is 5.08. The second-order valence-corrected chi connectivity index (χ2v) is 7.40. The van der Waals surface area contributed by atoms with Gasteiger partial charge in [-0.05, 0) is 48.9 Å². The van der Waals surface area contributed by atoms with Gasteiger partial charge in [-0.3, -0.25) is 9.78 Å². The number of nitrogens with zero attached hydrogens (tertiary/aromatic N) is 2. The second kappa shape index (κ2) is 8.51. The van der Waals surface area contributed by atoms with Crippen LogP contribution in [0.15, 0.2) is 59.8 Å². The van der Waals surface area contributed by atoms with Gasteiger partial charge in [0.1, 0.15) is 24.5 Å². The predicted octanol–water partition coefficient (Wildman–Crippen LogP) is 3.42. The van der Waals surface area contributed by atoms with Crippen LogP contribution in [-0.4, -0.2) is 33.9 Å². The van der Waals surface area contributed by atoms with Gasteiger partial charge < -0.3 is 20.4 Å². The molecule has 3 aromatic rings. The average Bonchev–Trinajstić information content (AvgIpc) is 3.20. The maximum atomic E-state index is 10.9. The van der Waals surface area contributed by atoms with E-state index in [0.717, 1.165) is 39.2 Å². The molecule has 0 aliphatic carbocycles. The minimum Gasteiger partial charge on any atom is -0.489 e. The van der Waals surface area contributed by atoms with Crippen LogP contribution in [0.2, 0.25) is 0 Å². The number of ether oxygens (including phenoxy) is 1. The number of carboxylic acid groups (broad SMARTS) is 1. The number of aromatic nitrogens is 1. The Morgan fingerprint density at radius 1 is 1.27 bits per heavy atom. The first kappa shape index (κ1) is 19.8. The molecule has 0 bridgehead atoms. The molecule has 0 spiro atoms. The van der Waals surface area contributed by atoms with Crippen molar-refractivity contribution in [2.45, 2.75) is 38.5 Å². The smallest absolute Gasteiger partial charge is 0.320 e. The normalized spacial score (nSPS) is 16.7. The Morgan fingerprint density at radius 2 is 2.03 bits per heavy atom. The van der Waals surface area contributed by atoms with E-state index >= 15 is 0 Å². The standard InChI is InChI=1S/C23H23N3O4/c1-14-10-16(19-4-2-3-5-21(19)25-14)13-29-17-8-6-15(7-9-17)22-12-18(30-26-22)11-20(24)23(27)28/h2-10,18,20H,11-13,24H2,1H3,(H,27,28). The monoisotopic (exact) mass is 405 g/mol. The molecule has 2 aromatic carbocycles. The van der Waals surface area contributed by atoms with Crippen LogP contribution in [0.5, 0.6) is 5.75 Å². The van der Waals surface area contributed by atoms with Crippen molar-refractivity contribution in [3.05, 3.63) is 71.4 Å². The molecular weight excluding hydrogens is 382 g/mol. The highest BCUT2D eigenvalue weighted by Crippen LogP contribution is 2.23. The zero-order chi connectivity index (χ0) is 21.1. The first-order chi connectivity index (χ1) is 14.5. The van der Waals surface area contributed by atoms with E-state index in [1.807, 2.05) is 55.5 Å². The Balaban J connectivity index is 1.39. The molecular formula is C23H23N3O4. The number of oxime groups is 1. The number of hydrogen-bond donors (Lipinski definition) is 2. The second-order valence-electron chi connectivity index (χ2n) is 7.40. The molecule has 7 nitrogen and oxygen atoms in total. The van der Waals surface area contributed by atoms with Gasteiger partial charge in [0.25, 0.3) is 0 Å². The highest BCUT2D eigenvalue weighted by atomic mass is 16.6. The number of pyridine rings is 1. The van der Waals surface area contributed by atoms with Gasteiger partial charge >= 0.3 is 5.97 Å². The van der Waals surface area contributed by atoms with Crippen molar-refractivity contribution < 1.29 is 19.5 Å². The van der Waals surface area contributed by atoms with Crippen molar-refractivity contribution in [1.29, 1.82) is 0 Å². The number of hydrogen-bond acceptors (Lipinski definition) is 6. The molecule has 0 radical (unpaired) electrons. The average molecular weight is 405 g/mol. The maximum Gasteiger partial charge on any atom is 0.320 e. The topological polar surface area (TPSA) is 107 Å². The largest absolute Gasteiger partial charge is 0.489 e. The van der Waals surface area contributed by atoms with Crippen LogP contribution in [0.4, 0.5) is 0 Å². The number of aliphatic carboxylic acids is 1. The Hall–Kier alpha value is -3.45. The quantitative estimate of drug-likeness (QED) is 0.624. The maximum absolute atomic E-state index is 10.9. The molecule has 2 atom stereocenters. The Bertz CT molecular complexity index is 1100. The summed E-state index contributed by atoms with van der Waals surface area (Å²) in [5.74, 6) is -0.285. The van der Waals surface area contributed by atoms with E-state index in [1.165, 1.54) is 0 Å². The summed E-state index contributed by atoms with van der Waals surface area (Å²) in [7, 11) is 0. The van der Waals surface area contributed by atoms with Crippen LogP contribution in [0.3, 0.4) is 0 Å². The molecule has 2 heterocycles. The molecule has 154 valence electrons. The molecule has 3 N–H and O–H groups in total. The lowest BCUT2D eigenvalue weighted by Crippen LogP contribution is -2.34. The predicted molar refractivity (Wildman–Crippen MR) is 114 cm³/mol. The van der Waals surface area contributed by atoms with E-state index in [4.69, 9.17) is 20.4 Å². The number of aryl methyl sites for hydroxylation is 1. The van der Waals surface area contributed by atoms with Crippen LogP contribution >= 0.6 is 0 Å². The molecule has 0 amide bonds. The van der Waals surface area contributed by atoms with Crippen LogP contribution < -0.4 is 10.5 Å². The van der Waals surface area contributed by atoms with E-state index in [1.54, 1.807) is 0 Å². The number of rotatable bonds is 7. The molecule has 30 heavy (non-hydrogen) atoms. The van der Waals surface area contributed by atoms with Crippen molar-refractivity contribution in [2.75, 3.05) is 0 Å². The number of carboxylic acids is 1. The van der Waals surface area contributed by atoms with Crippen molar-refractivity contribution >= 4 is 22.6 Å². The Morgan fingerprint density at radius 3 is 2.80 bits per heavy atom. The Labute approximate surface area is 174 Å². The summed E-state index contributed by atoms with van der Waals surface area (Å²) in [5.41, 5.74) is 10.3. The van der Waals surface area contributed by atoms with Crippen LogP contribution in [0, 0.1) is 6.92 Å². The summed E-state index contributed by atoms with van der Waals surface area (Å²) in [4.78, 5) is 20.8. The van der Waals surface area contributed by atoms with Crippen molar-refractivity contribution in [2.24, 2.45) is 10.9 Å². The summed E-state index contributed by atoms with van der Waals surface area (Å²) in [6, 6.07) is 16.8. The van der Waals surface area contributed by atoms with E-state index < -0.39 is 12.0 Å². The van der Waals surface area contributed by atoms with Gasteiger partial charge in [-0.2, -0.15) is 0 Å². The van der Waals surface area contributed by atoms with Crippen molar-refractivity contribution in [1.82, 2.24) is 4.98 Å². The summed E-state index contributed by atoms with van der Waals surface area (Å²) in [6.07, 6.45) is 0.442. The van der Waals surface area contributed by atoms with Gasteiger partial charge in [-0.1, -0.05) is 23.4 Å². The molecule has 4 rings (SSSR count). The van der Waals surface area contributed by atoms with E-state index in [9.17, 15) is 4.79 Å². The summed E-state index contributed by atoms with van der Waals surface area (Å²) in [6.45, 7) is 2.42. The van der Waals surface area contributed by atoms with Gasteiger partial charge in [0.05, 0.1) is 11.2 Å². The van der Waals surface area contributed by atoms with E-state index in [-0.39, 0.29) is 12.5 Å². The fourth-order valence-electron chi connectivity index (χ4n) is 3.53. The van der Waals surface area contributed by atoms with Crippen LogP contribution in [0.25, 0.3) is 10.9 Å². The van der Waals surface area contributed by atoms with Gasteiger partial charge in [0.2, 0.25) is 0 Å². The van der Waals surface area contributed by atoms with Crippen LogP contribution in [-0.2, 0) is 16.2 Å². The van der Waals surface area contributed by atoms with Gasteiger partial charge in [-0.25, -0.2) is 0 Å². The number of fused-ring (bicyclic) bond motifs is 1. The van der Waals surface area contributed by atoms with Gasteiger partial charge in [-0.15, -0.1) is 0 Å².